The van der Waals surface area contributed by atoms with Gasteiger partial charge in [-0.1, -0.05) is 49.3 Å². The molecule has 1 N–H and O–H groups in total. The van der Waals surface area contributed by atoms with Crippen molar-refractivity contribution >= 4 is 67.9 Å². The number of methoxy groups -OCH3 is 2. The molecule has 0 saturated carbocycles. The Morgan fingerprint density at radius 2 is 1.28 bits per heavy atom. The normalized spacial score (nSPS) is 19.0. The van der Waals surface area contributed by atoms with Crippen LogP contribution in [-0.4, -0.2) is 90.3 Å². The molecule has 3 amide bonds. The zero-order valence-electron chi connectivity index (χ0n) is 32.9. The van der Waals surface area contributed by atoms with Crippen LogP contribution in [0.25, 0.3) is 0 Å². The van der Waals surface area contributed by atoms with Crippen molar-refractivity contribution in [2.24, 2.45) is 9.98 Å². The molecule has 2 saturated heterocycles. The van der Waals surface area contributed by atoms with Crippen LogP contribution in [0.3, 0.4) is 0 Å². The van der Waals surface area contributed by atoms with Crippen molar-refractivity contribution in [2.75, 3.05) is 38.9 Å². The summed E-state index contributed by atoms with van der Waals surface area (Å²) in [4.78, 5) is 53.1. The van der Waals surface area contributed by atoms with Gasteiger partial charge in [0, 0.05) is 54.5 Å². The topological polar surface area (TPSA) is 131 Å². The lowest BCUT2D eigenvalue weighted by molar-refractivity contribution is -0.116. The summed E-state index contributed by atoms with van der Waals surface area (Å²) in [6.45, 7) is 13.5. The van der Waals surface area contributed by atoms with Crippen molar-refractivity contribution in [1.29, 1.82) is 0 Å². The first kappa shape index (κ1) is 39.9. The molecule has 2 fully saturated rings. The van der Waals surface area contributed by atoms with E-state index in [9.17, 15) is 14.4 Å². The molecule has 3 atom stereocenters. The number of ether oxygens (including phenoxy) is 4. The van der Waals surface area contributed by atoms with Crippen LogP contribution in [0, 0.1) is 0 Å². The number of nitrogens with zero attached hydrogens (tertiary/aromatic N) is 4. The molecule has 57 heavy (non-hydrogen) atoms. The quantitative estimate of drug-likeness (QED) is 0.182. The van der Waals surface area contributed by atoms with Crippen LogP contribution in [0.1, 0.15) is 71.4 Å². The highest BCUT2D eigenvalue weighted by Crippen LogP contribution is 2.41. The standard InChI is InChI=1S/C43H47N5O7S2/c1-25-10-30-19-44-34-17-38(36(52-5)15-32(34)41(50)47(30)21-25)54-23-27-12-28(14-29(13-27)46-40(49)8-9-43(3,4)57(7)56)24-55-39-18-35-33(16-37(39)53-6)42(51)48-22-26(2)11-31(48)20-45-35/h12-20,30-31H,1-2,8-11,21-24H2,3-7H3,(H,46,49)/t30-,31-,57?/m0/s1. The predicted octanol–water partition coefficient (Wildman–Crippen LogP) is 7.04. The van der Waals surface area contributed by atoms with Gasteiger partial charge in [-0.25, -0.2) is 0 Å². The first-order valence-electron chi connectivity index (χ1n) is 18.7. The summed E-state index contributed by atoms with van der Waals surface area (Å²) in [7, 11) is 2.78. The van der Waals surface area contributed by atoms with E-state index < -0.39 is 0 Å². The van der Waals surface area contributed by atoms with Gasteiger partial charge in [-0.15, -0.1) is 9.45 Å². The molecule has 0 aliphatic carbocycles. The summed E-state index contributed by atoms with van der Waals surface area (Å²) in [6.07, 6.45) is 7.90. The minimum absolute atomic E-state index is 0.1000. The first-order valence-corrected chi connectivity index (χ1v) is 21.3. The molecular formula is C43H47N5O7S2. The Bertz CT molecular complexity index is 2140. The fourth-order valence-electron chi connectivity index (χ4n) is 7.32. The fourth-order valence-corrected chi connectivity index (χ4v) is 7.95. The second kappa shape index (κ2) is 16.3. The van der Waals surface area contributed by atoms with Gasteiger partial charge in [-0.2, -0.15) is 0 Å². The van der Waals surface area contributed by atoms with E-state index in [0.29, 0.717) is 90.0 Å². The van der Waals surface area contributed by atoms with Crippen LogP contribution < -0.4 is 24.3 Å². The lowest BCUT2D eigenvalue weighted by atomic mass is 10.1. The molecule has 4 heterocycles. The molecule has 7 rings (SSSR count). The van der Waals surface area contributed by atoms with Crippen molar-refractivity contribution in [3.63, 3.8) is 0 Å². The Balaban J connectivity index is 1.14. The smallest absolute Gasteiger partial charge is 0.257 e. The molecule has 298 valence electrons. The molecule has 0 aromatic heterocycles. The van der Waals surface area contributed by atoms with Crippen molar-refractivity contribution in [1.82, 2.24) is 9.80 Å². The Hall–Kier alpha value is -5.34. The second-order valence-corrected chi connectivity index (χ2v) is 18.9. The Morgan fingerprint density at radius 3 is 1.72 bits per heavy atom. The lowest BCUT2D eigenvalue weighted by Gasteiger charge is -2.24. The Kier molecular flexibility index (Phi) is 11.4. The number of carbonyl (C=O) groups excluding carboxylic acids is 3. The molecule has 4 aliphatic heterocycles. The van der Waals surface area contributed by atoms with Crippen molar-refractivity contribution < 1.29 is 33.3 Å². The molecule has 3 aromatic rings. The molecule has 0 bridgehead atoms. The monoisotopic (exact) mass is 809 g/mol. The third-order valence-corrected chi connectivity index (χ3v) is 13.9. The maximum Gasteiger partial charge on any atom is 0.257 e. The van der Waals surface area contributed by atoms with Crippen LogP contribution >= 0.6 is 0 Å². The zero-order chi connectivity index (χ0) is 40.6. The van der Waals surface area contributed by atoms with Crippen molar-refractivity contribution in [3.8, 4) is 23.0 Å². The molecule has 3 aromatic carbocycles. The average Bonchev–Trinajstić information content (AvgIpc) is 3.69. The van der Waals surface area contributed by atoms with Crippen LogP contribution in [-0.2, 0) is 38.7 Å². The third kappa shape index (κ3) is 8.52. The number of fused-ring (bicyclic) bond motifs is 4. The summed E-state index contributed by atoms with van der Waals surface area (Å²) < 4.78 is 23.9. The average molecular weight is 810 g/mol. The van der Waals surface area contributed by atoms with Gasteiger partial charge in [0.2, 0.25) is 5.91 Å². The minimum Gasteiger partial charge on any atom is -0.493 e. The number of benzene rings is 3. The maximum absolute atomic E-state index is 13.5. The van der Waals surface area contributed by atoms with E-state index >= 15 is 0 Å². The molecule has 14 heteroatoms. The van der Waals surface area contributed by atoms with E-state index in [1.807, 2.05) is 24.5 Å². The van der Waals surface area contributed by atoms with E-state index in [0.717, 1.165) is 22.3 Å². The molecule has 4 aliphatic rings. The third-order valence-electron chi connectivity index (χ3n) is 10.8. The largest absolute Gasteiger partial charge is 0.493 e. The van der Waals surface area contributed by atoms with Gasteiger partial charge < -0.3 is 34.1 Å². The van der Waals surface area contributed by atoms with Gasteiger partial charge in [-0.05, 0) is 67.0 Å². The summed E-state index contributed by atoms with van der Waals surface area (Å²) >= 11 is 5.53. The van der Waals surface area contributed by atoms with Gasteiger partial charge in [0.1, 0.15) is 13.2 Å². The number of nitrogens with one attached hydrogen (secondary N) is 1. The second-order valence-electron chi connectivity index (χ2n) is 15.4. The highest BCUT2D eigenvalue weighted by Gasteiger charge is 2.36. The van der Waals surface area contributed by atoms with E-state index in [2.05, 4.69) is 42.3 Å². The summed E-state index contributed by atoms with van der Waals surface area (Å²) in [5, 5.41) is 3.06. The highest BCUT2D eigenvalue weighted by atomic mass is 32.8. The number of aliphatic imine (C=N–C) groups is 2. The van der Waals surface area contributed by atoms with Crippen LogP contribution in [0.2, 0.25) is 0 Å². The predicted molar refractivity (Wildman–Crippen MR) is 227 cm³/mol. The van der Waals surface area contributed by atoms with Gasteiger partial charge >= 0.3 is 0 Å². The maximum atomic E-state index is 13.5. The number of amides is 3. The van der Waals surface area contributed by atoms with E-state index in [1.54, 1.807) is 46.5 Å². The summed E-state index contributed by atoms with van der Waals surface area (Å²) in [5.41, 5.74) is 5.89. The number of anilines is 1. The molecule has 1 unspecified atom stereocenters. The van der Waals surface area contributed by atoms with Gasteiger partial charge in [0.25, 0.3) is 11.8 Å². The van der Waals surface area contributed by atoms with Crippen LogP contribution in [0.4, 0.5) is 17.1 Å². The van der Waals surface area contributed by atoms with E-state index in [4.69, 9.17) is 30.1 Å². The van der Waals surface area contributed by atoms with Crippen molar-refractivity contribution in [2.45, 2.75) is 69.6 Å². The molecule has 0 radical (unpaired) electrons. The van der Waals surface area contributed by atoms with Gasteiger partial charge in [0.05, 0.1) is 48.8 Å². The zero-order valence-corrected chi connectivity index (χ0v) is 34.5. The highest BCUT2D eigenvalue weighted by molar-refractivity contribution is 8.29. The number of rotatable bonds is 13. The number of carbonyl (C=O) groups is 3. The SMILES string of the molecule is C=C1C[C@H]2C=Nc3cc(OCc4cc(COc5cc6c(cc5OC)C(=O)N5CC(=C)C[C@H]5C=N6)cc(NC(=O)CCC(C)(C)S(C)=S)c4)c(OC)cc3C(=O)N2C1. The van der Waals surface area contributed by atoms with Gasteiger partial charge in [0.15, 0.2) is 23.0 Å². The molecular weight excluding hydrogens is 763 g/mol. The van der Waals surface area contributed by atoms with E-state index in [1.165, 1.54) is 14.2 Å². The number of hydrogen-bond donors (Lipinski definition) is 1. The number of hydrogen-bond acceptors (Lipinski definition) is 10. The lowest BCUT2D eigenvalue weighted by Crippen LogP contribution is -2.35. The summed E-state index contributed by atoms with van der Waals surface area (Å²) in [6, 6.07) is 12.1. The molecule has 0 spiro atoms. The summed E-state index contributed by atoms with van der Waals surface area (Å²) in [5.74, 6) is 1.21. The fraction of sp³-hybridized carbons (Fsp3) is 0.372. The van der Waals surface area contributed by atoms with Gasteiger partial charge in [-0.3, -0.25) is 24.4 Å². The molecule has 12 nitrogen and oxygen atoms in total. The Morgan fingerprint density at radius 1 is 0.807 bits per heavy atom. The van der Waals surface area contributed by atoms with Crippen molar-refractivity contribution in [3.05, 3.63) is 89.0 Å². The first-order chi connectivity index (χ1) is 27.2. The Labute approximate surface area is 340 Å². The van der Waals surface area contributed by atoms with Crippen LogP contribution in [0.15, 0.2) is 76.8 Å². The minimum atomic E-state index is -0.274. The van der Waals surface area contributed by atoms with E-state index in [-0.39, 0.29) is 57.2 Å². The van der Waals surface area contributed by atoms with Crippen LogP contribution in [0.5, 0.6) is 23.0 Å².